The number of hydrogen-bond donors (Lipinski definition) is 4. The molecule has 55 heavy (non-hydrogen) atoms. The number of nitro groups is 2. The van der Waals surface area contributed by atoms with Gasteiger partial charge in [0.05, 0.1) is 45.5 Å². The molecule has 0 bridgehead atoms. The molecule has 0 aliphatic heterocycles. The average molecular weight is 805 g/mol. The van der Waals surface area contributed by atoms with Crippen LogP contribution < -0.4 is 15.4 Å². The fraction of sp³-hybridized carbons (Fsp3) is 0.0769. The maximum atomic E-state index is 13.7. The number of nitrogens with one attached hydrogen (secondary N) is 2. The molecule has 0 saturated heterocycles. The van der Waals surface area contributed by atoms with Gasteiger partial charge < -0.3 is 25.6 Å². The van der Waals surface area contributed by atoms with E-state index < -0.39 is 44.4 Å². The van der Waals surface area contributed by atoms with Crippen LogP contribution in [0.25, 0.3) is 0 Å². The van der Waals surface area contributed by atoms with Gasteiger partial charge in [-0.05, 0) is 59.7 Å². The number of nitrogens with zero attached hydrogens (tertiary/aromatic N) is 2. The molecule has 0 aliphatic carbocycles. The number of methoxy groups -OCH3 is 1. The highest BCUT2D eigenvalue weighted by molar-refractivity contribution is 7.99. The molecular weight excluding hydrogens is 774 g/mol. The van der Waals surface area contributed by atoms with Crippen LogP contribution in [0, 0.1) is 31.9 Å². The van der Waals surface area contributed by atoms with Crippen LogP contribution in [0.3, 0.4) is 0 Å². The van der Waals surface area contributed by atoms with Crippen molar-refractivity contribution in [3.05, 3.63) is 169 Å². The predicted octanol–water partition coefficient (Wildman–Crippen LogP) is 11.1. The number of phenols is 2. The molecule has 0 spiro atoms. The summed E-state index contributed by atoms with van der Waals surface area (Å²) in [7, 11) is 1.61. The van der Waals surface area contributed by atoms with Gasteiger partial charge in [0.1, 0.15) is 5.75 Å². The van der Waals surface area contributed by atoms with Gasteiger partial charge >= 0.3 is 0 Å². The summed E-state index contributed by atoms with van der Waals surface area (Å²) in [4.78, 5) is 24.2. The number of nitro benzene ring substituents is 2. The molecule has 0 unspecified atom stereocenters. The SMILES string of the molecule is COc1ccc(Sc2ccccc2CNc2cc([N+](=O)[O-])cc(F)c2O)cc1.O=[N+]([O-])c1cc(F)c(O)c(NCc2ccccc2Sc2ccccc2Cl)c1. The van der Waals surface area contributed by atoms with E-state index in [4.69, 9.17) is 16.3 Å². The Hall–Kier alpha value is -6.03. The van der Waals surface area contributed by atoms with Gasteiger partial charge in [0, 0.05) is 44.8 Å². The number of aromatic hydroxyl groups is 2. The molecule has 282 valence electrons. The minimum Gasteiger partial charge on any atom is -0.503 e. The molecule has 0 aromatic heterocycles. The summed E-state index contributed by atoms with van der Waals surface area (Å²) in [6.07, 6.45) is 0. The van der Waals surface area contributed by atoms with E-state index in [9.17, 15) is 39.2 Å². The van der Waals surface area contributed by atoms with Crippen molar-refractivity contribution >= 4 is 57.9 Å². The summed E-state index contributed by atoms with van der Waals surface area (Å²) >= 11 is 9.23. The monoisotopic (exact) mass is 804 g/mol. The van der Waals surface area contributed by atoms with Crippen LogP contribution in [0.5, 0.6) is 17.2 Å². The number of halogens is 3. The van der Waals surface area contributed by atoms with Gasteiger partial charge in [-0.3, -0.25) is 20.2 Å². The summed E-state index contributed by atoms with van der Waals surface area (Å²) < 4.78 is 32.6. The number of non-ortho nitro benzene ring substituents is 2. The van der Waals surface area contributed by atoms with Crippen molar-refractivity contribution in [3.63, 3.8) is 0 Å². The summed E-state index contributed by atoms with van der Waals surface area (Å²) in [5.74, 6) is -2.63. The molecule has 0 fully saturated rings. The lowest BCUT2D eigenvalue weighted by atomic mass is 10.2. The average Bonchev–Trinajstić information content (AvgIpc) is 3.18. The lowest BCUT2D eigenvalue weighted by Crippen LogP contribution is -2.03. The van der Waals surface area contributed by atoms with E-state index in [0.717, 1.165) is 48.6 Å². The van der Waals surface area contributed by atoms with Gasteiger partial charge in [-0.1, -0.05) is 83.7 Å². The fourth-order valence-electron chi connectivity index (χ4n) is 4.95. The Kier molecular flexibility index (Phi) is 13.7. The number of anilines is 2. The quantitative estimate of drug-likeness (QED) is 0.0500. The van der Waals surface area contributed by atoms with E-state index >= 15 is 0 Å². The normalized spacial score (nSPS) is 10.5. The number of benzene rings is 6. The first kappa shape index (κ1) is 40.2. The highest BCUT2D eigenvalue weighted by Gasteiger charge is 2.18. The topological polar surface area (TPSA) is 160 Å². The molecule has 0 amide bonds. The van der Waals surface area contributed by atoms with E-state index in [1.54, 1.807) is 24.9 Å². The summed E-state index contributed by atoms with van der Waals surface area (Å²) in [6, 6.07) is 33.8. The number of hydrogen-bond acceptors (Lipinski definition) is 11. The minimum absolute atomic E-state index is 0.0315. The molecule has 0 radical (unpaired) electrons. The first-order valence-corrected chi connectivity index (χ1v) is 18.2. The lowest BCUT2D eigenvalue weighted by molar-refractivity contribution is -0.385. The zero-order chi connectivity index (χ0) is 39.5. The zero-order valence-corrected chi connectivity index (χ0v) is 31.1. The smallest absolute Gasteiger partial charge is 0.274 e. The molecule has 0 aliphatic rings. The minimum atomic E-state index is -1.05. The molecule has 16 heteroatoms. The highest BCUT2D eigenvalue weighted by atomic mass is 35.5. The standard InChI is InChI=1S/C20H17FN2O4S.C19H14ClFN2O3S/c1-27-15-6-8-16(9-7-15)28-19-5-3-2-4-13(19)12-22-18-11-14(23(25)26)10-17(21)20(18)24;20-14-6-2-4-8-18(14)27-17-7-3-1-5-12(17)11-22-16-10-13(23(25)26)9-15(21)19(16)24/h2-11,22,24H,12H2,1H3;1-10,22,24H,11H2. The van der Waals surface area contributed by atoms with Crippen LogP contribution >= 0.6 is 35.1 Å². The van der Waals surface area contributed by atoms with Crippen molar-refractivity contribution in [2.24, 2.45) is 0 Å². The Morgan fingerprint density at radius 3 is 1.55 bits per heavy atom. The highest BCUT2D eigenvalue weighted by Crippen LogP contribution is 2.37. The predicted molar refractivity (Wildman–Crippen MR) is 210 cm³/mol. The Morgan fingerprint density at radius 2 is 1.09 bits per heavy atom. The van der Waals surface area contributed by atoms with Crippen molar-refractivity contribution in [2.75, 3.05) is 17.7 Å². The summed E-state index contributed by atoms with van der Waals surface area (Å²) in [5.41, 5.74) is 0.823. The van der Waals surface area contributed by atoms with Crippen molar-refractivity contribution < 1.29 is 33.6 Å². The maximum absolute atomic E-state index is 13.7. The molecule has 0 atom stereocenters. The first-order valence-electron chi connectivity index (χ1n) is 16.1. The van der Waals surface area contributed by atoms with Crippen molar-refractivity contribution in [3.8, 4) is 17.2 Å². The van der Waals surface area contributed by atoms with Crippen molar-refractivity contribution in [1.82, 2.24) is 0 Å². The van der Waals surface area contributed by atoms with E-state index in [1.165, 1.54) is 11.8 Å². The maximum Gasteiger partial charge on any atom is 0.274 e. The Balaban J connectivity index is 0.000000211. The molecule has 6 aromatic carbocycles. The van der Waals surface area contributed by atoms with Crippen molar-refractivity contribution in [2.45, 2.75) is 32.7 Å². The molecule has 4 N–H and O–H groups in total. The second-order valence-corrected chi connectivity index (χ2v) is 14.0. The zero-order valence-electron chi connectivity index (χ0n) is 28.7. The first-order chi connectivity index (χ1) is 26.4. The van der Waals surface area contributed by atoms with E-state index in [1.807, 2.05) is 91.0 Å². The largest absolute Gasteiger partial charge is 0.503 e. The van der Waals surface area contributed by atoms with Gasteiger partial charge in [0.25, 0.3) is 11.4 Å². The van der Waals surface area contributed by atoms with E-state index in [2.05, 4.69) is 10.6 Å². The van der Waals surface area contributed by atoms with Crippen molar-refractivity contribution in [1.29, 1.82) is 0 Å². The summed E-state index contributed by atoms with van der Waals surface area (Å²) in [6.45, 7) is 0.495. The lowest BCUT2D eigenvalue weighted by Gasteiger charge is -2.13. The second-order valence-electron chi connectivity index (χ2n) is 11.4. The Morgan fingerprint density at radius 1 is 0.655 bits per heavy atom. The fourth-order valence-corrected chi connectivity index (χ4v) is 7.11. The Labute approximate surface area is 327 Å². The number of ether oxygens (including phenoxy) is 1. The number of phenolic OH excluding ortho intramolecular Hbond substituents is 2. The van der Waals surface area contributed by atoms with Crippen LogP contribution in [0.1, 0.15) is 11.1 Å². The third kappa shape index (κ3) is 10.8. The molecule has 6 aromatic rings. The second kappa shape index (κ2) is 18.8. The molecule has 11 nitrogen and oxygen atoms in total. The van der Waals surface area contributed by atoms with Gasteiger partial charge in [-0.2, -0.15) is 0 Å². The van der Waals surface area contributed by atoms with Crippen LogP contribution in [0.4, 0.5) is 31.5 Å². The Bertz CT molecular complexity index is 2320. The third-order valence-corrected chi connectivity index (χ3v) is 10.5. The van der Waals surface area contributed by atoms with Crippen LogP contribution in [-0.4, -0.2) is 27.2 Å². The van der Waals surface area contributed by atoms with Crippen LogP contribution in [0.2, 0.25) is 5.02 Å². The van der Waals surface area contributed by atoms with Crippen LogP contribution in [0.15, 0.2) is 141 Å². The molecule has 0 saturated carbocycles. The molecular formula is C39H31ClF2N4O7S2. The van der Waals surface area contributed by atoms with E-state index in [0.29, 0.717) is 17.2 Å². The number of rotatable bonds is 13. The third-order valence-electron chi connectivity index (χ3n) is 7.75. The van der Waals surface area contributed by atoms with Gasteiger partial charge in [-0.25, -0.2) is 8.78 Å². The van der Waals surface area contributed by atoms with Crippen LogP contribution in [-0.2, 0) is 13.1 Å². The van der Waals surface area contributed by atoms with Gasteiger partial charge in [0.2, 0.25) is 0 Å². The van der Waals surface area contributed by atoms with Gasteiger partial charge in [-0.15, -0.1) is 0 Å². The molecule has 0 heterocycles. The van der Waals surface area contributed by atoms with E-state index in [-0.39, 0.29) is 24.5 Å². The molecule has 6 rings (SSSR count). The summed E-state index contributed by atoms with van der Waals surface area (Å²) in [5, 5.41) is 47.9. The van der Waals surface area contributed by atoms with Gasteiger partial charge in [0.15, 0.2) is 23.1 Å².